The van der Waals surface area contributed by atoms with E-state index in [0.29, 0.717) is 12.0 Å². The van der Waals surface area contributed by atoms with E-state index in [4.69, 9.17) is 4.99 Å². The molecule has 156 valence electrons. The first kappa shape index (κ1) is 25.9. The number of nitrogens with one attached hydrogen (secondary N) is 2. The smallest absolute Gasteiger partial charge is 0.191 e. The SMILES string of the molecule is CCNC(=NCC(C)CN1CCCC1)NC(C)CCCN(CC)CC.I. The molecule has 0 saturated carbocycles. The zero-order valence-electron chi connectivity index (χ0n) is 17.9. The van der Waals surface area contributed by atoms with E-state index in [-0.39, 0.29) is 24.0 Å². The maximum atomic E-state index is 4.83. The lowest BCUT2D eigenvalue weighted by Gasteiger charge is -2.22. The third kappa shape index (κ3) is 11.6. The van der Waals surface area contributed by atoms with Crippen LogP contribution in [0.1, 0.15) is 60.3 Å². The van der Waals surface area contributed by atoms with Gasteiger partial charge in [-0.05, 0) is 78.2 Å². The Morgan fingerprint density at radius 2 is 1.77 bits per heavy atom. The number of rotatable bonds is 12. The fourth-order valence-electron chi connectivity index (χ4n) is 3.50. The molecule has 6 heteroatoms. The summed E-state index contributed by atoms with van der Waals surface area (Å²) in [6.07, 6.45) is 5.15. The van der Waals surface area contributed by atoms with Crippen molar-refractivity contribution >= 4 is 29.9 Å². The van der Waals surface area contributed by atoms with Crippen LogP contribution in [0.4, 0.5) is 0 Å². The Bertz CT molecular complexity index is 354. The van der Waals surface area contributed by atoms with Gasteiger partial charge in [-0.25, -0.2) is 0 Å². The topological polar surface area (TPSA) is 42.9 Å². The second-order valence-corrected chi connectivity index (χ2v) is 7.55. The van der Waals surface area contributed by atoms with Crippen LogP contribution in [0.3, 0.4) is 0 Å². The average molecular weight is 482 g/mol. The summed E-state index contributed by atoms with van der Waals surface area (Å²) < 4.78 is 0. The highest BCUT2D eigenvalue weighted by Gasteiger charge is 2.14. The van der Waals surface area contributed by atoms with E-state index in [1.54, 1.807) is 0 Å². The van der Waals surface area contributed by atoms with E-state index in [9.17, 15) is 0 Å². The molecule has 0 aliphatic carbocycles. The normalized spacial score (nSPS) is 17.8. The Hall–Kier alpha value is -0.0800. The molecule has 1 aliphatic heterocycles. The molecule has 0 radical (unpaired) electrons. The molecule has 2 atom stereocenters. The zero-order valence-corrected chi connectivity index (χ0v) is 20.2. The first-order chi connectivity index (χ1) is 12.1. The summed E-state index contributed by atoms with van der Waals surface area (Å²) in [5.41, 5.74) is 0. The standard InChI is InChI=1S/C20H43N5.HI/c1-6-21-20(22-16-18(4)17-25-13-9-10-14-25)23-19(5)12-11-15-24(7-2)8-3;/h18-19H,6-17H2,1-5H3,(H2,21,22,23);1H. The van der Waals surface area contributed by atoms with Gasteiger partial charge in [0.1, 0.15) is 0 Å². The molecule has 0 aromatic carbocycles. The van der Waals surface area contributed by atoms with Crippen LogP contribution in [0.5, 0.6) is 0 Å². The summed E-state index contributed by atoms with van der Waals surface area (Å²) >= 11 is 0. The Morgan fingerprint density at radius 1 is 1.12 bits per heavy atom. The summed E-state index contributed by atoms with van der Waals surface area (Å²) in [4.78, 5) is 9.90. The highest BCUT2D eigenvalue weighted by atomic mass is 127. The number of aliphatic imine (C=N–C) groups is 1. The van der Waals surface area contributed by atoms with Gasteiger partial charge in [-0.3, -0.25) is 4.99 Å². The minimum atomic E-state index is 0. The van der Waals surface area contributed by atoms with Crippen molar-refractivity contribution < 1.29 is 0 Å². The minimum Gasteiger partial charge on any atom is -0.357 e. The molecule has 1 saturated heterocycles. The Kier molecular flexibility index (Phi) is 15.9. The number of halogens is 1. The highest BCUT2D eigenvalue weighted by molar-refractivity contribution is 14.0. The summed E-state index contributed by atoms with van der Waals surface area (Å²) in [6, 6.07) is 0.460. The molecular formula is C20H44IN5. The summed E-state index contributed by atoms with van der Waals surface area (Å²) in [6.45, 7) is 20.2. The maximum absolute atomic E-state index is 4.83. The number of guanidine groups is 1. The zero-order chi connectivity index (χ0) is 18.5. The van der Waals surface area contributed by atoms with Gasteiger partial charge in [0, 0.05) is 25.7 Å². The first-order valence-electron chi connectivity index (χ1n) is 10.6. The lowest BCUT2D eigenvalue weighted by Crippen LogP contribution is -2.43. The van der Waals surface area contributed by atoms with E-state index >= 15 is 0 Å². The van der Waals surface area contributed by atoms with Crippen molar-refractivity contribution in [1.82, 2.24) is 20.4 Å². The van der Waals surface area contributed by atoms with Crippen molar-refractivity contribution in [2.75, 3.05) is 52.4 Å². The molecule has 1 rings (SSSR count). The third-order valence-electron chi connectivity index (χ3n) is 5.06. The number of hydrogen-bond acceptors (Lipinski definition) is 3. The van der Waals surface area contributed by atoms with Crippen molar-refractivity contribution in [3.63, 3.8) is 0 Å². The lowest BCUT2D eigenvalue weighted by molar-refractivity contribution is 0.291. The van der Waals surface area contributed by atoms with Crippen LogP contribution in [0.2, 0.25) is 0 Å². The predicted octanol–water partition coefficient (Wildman–Crippen LogP) is 3.40. The van der Waals surface area contributed by atoms with Crippen molar-refractivity contribution in [1.29, 1.82) is 0 Å². The van der Waals surface area contributed by atoms with Crippen LogP contribution >= 0.6 is 24.0 Å². The number of hydrogen-bond donors (Lipinski definition) is 2. The van der Waals surface area contributed by atoms with E-state index in [0.717, 1.165) is 32.1 Å². The average Bonchev–Trinajstić information content (AvgIpc) is 3.09. The third-order valence-corrected chi connectivity index (χ3v) is 5.06. The Morgan fingerprint density at radius 3 is 2.35 bits per heavy atom. The van der Waals surface area contributed by atoms with Gasteiger partial charge < -0.3 is 20.4 Å². The van der Waals surface area contributed by atoms with Crippen LogP contribution in [0.15, 0.2) is 4.99 Å². The molecule has 1 aliphatic rings. The molecule has 1 heterocycles. The largest absolute Gasteiger partial charge is 0.357 e. The minimum absolute atomic E-state index is 0. The molecule has 0 aromatic rings. The number of likely N-dealkylation sites (tertiary alicyclic amines) is 1. The van der Waals surface area contributed by atoms with Gasteiger partial charge in [-0.2, -0.15) is 0 Å². The van der Waals surface area contributed by atoms with Gasteiger partial charge in [0.2, 0.25) is 0 Å². The van der Waals surface area contributed by atoms with Crippen molar-refractivity contribution in [3.8, 4) is 0 Å². The van der Waals surface area contributed by atoms with Crippen LogP contribution in [-0.4, -0.2) is 74.2 Å². The lowest BCUT2D eigenvalue weighted by atomic mass is 10.1. The summed E-state index contributed by atoms with van der Waals surface area (Å²) in [5.74, 6) is 1.60. The Balaban J connectivity index is 0.00000625. The fourth-order valence-corrected chi connectivity index (χ4v) is 3.50. The second kappa shape index (κ2) is 15.9. The van der Waals surface area contributed by atoms with Crippen LogP contribution in [0.25, 0.3) is 0 Å². The quantitative estimate of drug-likeness (QED) is 0.255. The maximum Gasteiger partial charge on any atom is 0.191 e. The van der Waals surface area contributed by atoms with E-state index < -0.39 is 0 Å². The van der Waals surface area contributed by atoms with Crippen LogP contribution < -0.4 is 10.6 Å². The second-order valence-electron chi connectivity index (χ2n) is 7.55. The van der Waals surface area contributed by atoms with Crippen molar-refractivity contribution in [3.05, 3.63) is 0 Å². The van der Waals surface area contributed by atoms with Gasteiger partial charge >= 0.3 is 0 Å². The van der Waals surface area contributed by atoms with Crippen LogP contribution in [0, 0.1) is 5.92 Å². The van der Waals surface area contributed by atoms with Gasteiger partial charge in [0.25, 0.3) is 0 Å². The van der Waals surface area contributed by atoms with E-state index in [2.05, 4.69) is 55.1 Å². The molecule has 5 nitrogen and oxygen atoms in total. The molecule has 1 fully saturated rings. The molecule has 26 heavy (non-hydrogen) atoms. The monoisotopic (exact) mass is 481 g/mol. The van der Waals surface area contributed by atoms with Gasteiger partial charge in [-0.15, -0.1) is 24.0 Å². The Labute approximate surface area is 179 Å². The highest BCUT2D eigenvalue weighted by Crippen LogP contribution is 2.10. The first-order valence-corrected chi connectivity index (χ1v) is 10.6. The number of nitrogens with zero attached hydrogens (tertiary/aromatic N) is 3. The molecule has 2 N–H and O–H groups in total. The summed E-state index contributed by atoms with van der Waals surface area (Å²) in [5, 5.41) is 6.98. The van der Waals surface area contributed by atoms with Gasteiger partial charge in [0.15, 0.2) is 5.96 Å². The van der Waals surface area contributed by atoms with Crippen molar-refractivity contribution in [2.24, 2.45) is 10.9 Å². The summed E-state index contributed by atoms with van der Waals surface area (Å²) in [7, 11) is 0. The van der Waals surface area contributed by atoms with Crippen molar-refractivity contribution in [2.45, 2.75) is 66.3 Å². The van der Waals surface area contributed by atoms with E-state index in [1.165, 1.54) is 51.9 Å². The molecule has 0 bridgehead atoms. The van der Waals surface area contributed by atoms with Gasteiger partial charge in [-0.1, -0.05) is 20.8 Å². The molecule has 0 spiro atoms. The molecule has 0 amide bonds. The fraction of sp³-hybridized carbons (Fsp3) is 0.950. The molecule has 0 aromatic heterocycles. The van der Waals surface area contributed by atoms with E-state index in [1.807, 2.05) is 0 Å². The van der Waals surface area contributed by atoms with Gasteiger partial charge in [0.05, 0.1) is 0 Å². The molecule has 2 unspecified atom stereocenters. The molecular weight excluding hydrogens is 437 g/mol. The predicted molar refractivity (Wildman–Crippen MR) is 126 cm³/mol. The van der Waals surface area contributed by atoms with Crippen LogP contribution in [-0.2, 0) is 0 Å².